The van der Waals surface area contributed by atoms with Crippen LogP contribution in [0.2, 0.25) is 5.02 Å². The maximum Gasteiger partial charge on any atom is 0.241 e. The number of amides is 1. The predicted octanol–water partition coefficient (Wildman–Crippen LogP) is 2.35. The van der Waals surface area contributed by atoms with E-state index in [1.807, 2.05) is 30.9 Å². The van der Waals surface area contributed by atoms with Crippen molar-refractivity contribution in [1.82, 2.24) is 20.4 Å². The van der Waals surface area contributed by atoms with Gasteiger partial charge in [-0.25, -0.2) is 0 Å². The normalized spacial score (nSPS) is 10.9. The molecule has 22 heavy (non-hydrogen) atoms. The summed E-state index contributed by atoms with van der Waals surface area (Å²) in [5.41, 5.74) is 0.800. The van der Waals surface area contributed by atoms with Gasteiger partial charge in [-0.05, 0) is 25.6 Å². The third kappa shape index (κ3) is 4.54. The van der Waals surface area contributed by atoms with Gasteiger partial charge >= 0.3 is 0 Å². The van der Waals surface area contributed by atoms with E-state index < -0.39 is 0 Å². The van der Waals surface area contributed by atoms with Crippen molar-refractivity contribution in [2.75, 3.05) is 19.6 Å². The number of aromatic nitrogens is 2. The van der Waals surface area contributed by atoms with Gasteiger partial charge in [-0.2, -0.15) is 4.98 Å². The maximum atomic E-state index is 11.6. The SMILES string of the molecule is CCNC(=O)CN(CC)Cc1nc(-c2cccc(Cl)c2)no1. The molecule has 0 aliphatic heterocycles. The molecule has 0 saturated heterocycles. The highest BCUT2D eigenvalue weighted by molar-refractivity contribution is 6.30. The number of rotatable bonds is 7. The van der Waals surface area contributed by atoms with Crippen molar-refractivity contribution in [3.63, 3.8) is 0 Å². The third-order valence-corrected chi connectivity index (χ3v) is 3.33. The minimum Gasteiger partial charge on any atom is -0.355 e. The first-order valence-electron chi connectivity index (χ1n) is 7.20. The zero-order valence-electron chi connectivity index (χ0n) is 12.7. The summed E-state index contributed by atoms with van der Waals surface area (Å²) in [6.45, 7) is 5.94. The number of carbonyl (C=O) groups is 1. The Morgan fingerprint density at radius 2 is 2.23 bits per heavy atom. The summed E-state index contributed by atoms with van der Waals surface area (Å²) in [4.78, 5) is 17.9. The summed E-state index contributed by atoms with van der Waals surface area (Å²) in [7, 11) is 0. The van der Waals surface area contributed by atoms with Crippen molar-refractivity contribution >= 4 is 17.5 Å². The molecule has 0 unspecified atom stereocenters. The van der Waals surface area contributed by atoms with E-state index in [0.29, 0.717) is 42.9 Å². The average molecular weight is 323 g/mol. The molecule has 1 heterocycles. The van der Waals surface area contributed by atoms with Crippen molar-refractivity contribution < 1.29 is 9.32 Å². The minimum absolute atomic E-state index is 0.0149. The third-order valence-electron chi connectivity index (χ3n) is 3.10. The molecule has 1 amide bonds. The number of benzene rings is 1. The van der Waals surface area contributed by atoms with Gasteiger partial charge in [0.05, 0.1) is 13.1 Å². The lowest BCUT2D eigenvalue weighted by atomic mass is 10.2. The molecule has 2 rings (SSSR count). The highest BCUT2D eigenvalue weighted by Gasteiger charge is 2.14. The number of halogens is 1. The van der Waals surface area contributed by atoms with Crippen molar-refractivity contribution in [3.05, 3.63) is 35.2 Å². The lowest BCUT2D eigenvalue weighted by Crippen LogP contribution is -2.36. The average Bonchev–Trinajstić information content (AvgIpc) is 2.95. The van der Waals surface area contributed by atoms with E-state index in [9.17, 15) is 4.79 Å². The van der Waals surface area contributed by atoms with E-state index in [4.69, 9.17) is 16.1 Å². The van der Waals surface area contributed by atoms with Crippen molar-refractivity contribution in [1.29, 1.82) is 0 Å². The standard InChI is InChI=1S/C15H19ClN4O2/c1-3-17-13(21)9-20(4-2)10-14-18-15(19-22-14)11-6-5-7-12(16)8-11/h5-8H,3-4,9-10H2,1-2H3,(H,17,21). The van der Waals surface area contributed by atoms with Crippen LogP contribution in [0.4, 0.5) is 0 Å². The van der Waals surface area contributed by atoms with E-state index in [0.717, 1.165) is 5.56 Å². The number of nitrogens with one attached hydrogen (secondary N) is 1. The van der Waals surface area contributed by atoms with Crippen LogP contribution in [0.1, 0.15) is 19.7 Å². The zero-order chi connectivity index (χ0) is 15.9. The molecule has 1 aromatic carbocycles. The van der Waals surface area contributed by atoms with Crippen LogP contribution in [-0.4, -0.2) is 40.6 Å². The van der Waals surface area contributed by atoms with Gasteiger partial charge in [0.1, 0.15) is 0 Å². The van der Waals surface area contributed by atoms with Crippen molar-refractivity contribution in [2.24, 2.45) is 0 Å². The fourth-order valence-corrected chi connectivity index (χ4v) is 2.18. The largest absolute Gasteiger partial charge is 0.355 e. The lowest BCUT2D eigenvalue weighted by molar-refractivity contribution is -0.122. The quantitative estimate of drug-likeness (QED) is 0.847. The Morgan fingerprint density at radius 3 is 2.91 bits per heavy atom. The number of nitrogens with zero attached hydrogens (tertiary/aromatic N) is 3. The highest BCUT2D eigenvalue weighted by Crippen LogP contribution is 2.20. The van der Waals surface area contributed by atoms with Gasteiger partial charge in [0.25, 0.3) is 0 Å². The van der Waals surface area contributed by atoms with Crippen LogP contribution in [-0.2, 0) is 11.3 Å². The fourth-order valence-electron chi connectivity index (χ4n) is 1.99. The molecule has 0 bridgehead atoms. The molecule has 0 aliphatic rings. The summed E-state index contributed by atoms with van der Waals surface area (Å²) in [5, 5.41) is 7.35. The maximum absolute atomic E-state index is 11.6. The highest BCUT2D eigenvalue weighted by atomic mass is 35.5. The summed E-state index contributed by atoms with van der Waals surface area (Å²) >= 11 is 5.96. The summed E-state index contributed by atoms with van der Waals surface area (Å²) in [6.07, 6.45) is 0. The van der Waals surface area contributed by atoms with Crippen molar-refractivity contribution in [2.45, 2.75) is 20.4 Å². The van der Waals surface area contributed by atoms with Crippen LogP contribution in [0.25, 0.3) is 11.4 Å². The van der Waals surface area contributed by atoms with Crippen molar-refractivity contribution in [3.8, 4) is 11.4 Å². The first kappa shape index (κ1) is 16.5. The Morgan fingerprint density at radius 1 is 1.41 bits per heavy atom. The molecule has 0 radical (unpaired) electrons. The van der Waals surface area contributed by atoms with Gasteiger partial charge in [0, 0.05) is 17.1 Å². The lowest BCUT2D eigenvalue weighted by Gasteiger charge is -2.17. The Hall–Kier alpha value is -1.92. The van der Waals surface area contributed by atoms with Gasteiger partial charge in [0.2, 0.25) is 17.6 Å². The van der Waals surface area contributed by atoms with Gasteiger partial charge in [0.15, 0.2) is 0 Å². The number of carbonyl (C=O) groups excluding carboxylic acids is 1. The van der Waals surface area contributed by atoms with Crippen LogP contribution in [0.15, 0.2) is 28.8 Å². The van der Waals surface area contributed by atoms with E-state index in [1.165, 1.54) is 0 Å². The second-order valence-electron chi connectivity index (χ2n) is 4.78. The van der Waals surface area contributed by atoms with Gasteiger partial charge < -0.3 is 9.84 Å². The Balaban J connectivity index is 2.03. The smallest absolute Gasteiger partial charge is 0.241 e. The van der Waals surface area contributed by atoms with Gasteiger partial charge in [-0.15, -0.1) is 0 Å². The molecule has 0 saturated carbocycles. The van der Waals surface area contributed by atoms with Crippen LogP contribution >= 0.6 is 11.6 Å². The first-order valence-corrected chi connectivity index (χ1v) is 7.57. The Labute approximate surface area is 134 Å². The van der Waals surface area contributed by atoms with Gasteiger partial charge in [-0.3, -0.25) is 9.69 Å². The summed E-state index contributed by atoms with van der Waals surface area (Å²) in [6, 6.07) is 7.27. The molecule has 0 spiro atoms. The molecule has 6 nitrogen and oxygen atoms in total. The molecule has 1 N–H and O–H groups in total. The zero-order valence-corrected chi connectivity index (χ0v) is 13.4. The molecule has 118 valence electrons. The minimum atomic E-state index is -0.0149. The van der Waals surface area contributed by atoms with E-state index in [1.54, 1.807) is 12.1 Å². The molecule has 0 atom stereocenters. The first-order chi connectivity index (χ1) is 10.6. The van der Waals surface area contributed by atoms with Crippen LogP contribution in [0.5, 0.6) is 0 Å². The number of hydrogen-bond acceptors (Lipinski definition) is 5. The topological polar surface area (TPSA) is 71.3 Å². The van der Waals surface area contributed by atoms with E-state index >= 15 is 0 Å². The molecule has 2 aromatic rings. The monoisotopic (exact) mass is 322 g/mol. The summed E-state index contributed by atoms with van der Waals surface area (Å²) in [5.74, 6) is 0.951. The number of likely N-dealkylation sites (N-methyl/N-ethyl adjacent to an activating group) is 2. The van der Waals surface area contributed by atoms with E-state index in [-0.39, 0.29) is 5.91 Å². The Bertz CT molecular complexity index is 630. The van der Waals surface area contributed by atoms with Gasteiger partial charge in [-0.1, -0.05) is 35.8 Å². The van der Waals surface area contributed by atoms with E-state index in [2.05, 4.69) is 15.5 Å². The molecule has 0 aliphatic carbocycles. The predicted molar refractivity (Wildman–Crippen MR) is 84.4 cm³/mol. The Kier molecular flexibility index (Phi) is 5.91. The molecule has 7 heteroatoms. The molecule has 1 aromatic heterocycles. The molecular weight excluding hydrogens is 304 g/mol. The number of hydrogen-bond donors (Lipinski definition) is 1. The second-order valence-corrected chi connectivity index (χ2v) is 5.22. The fraction of sp³-hybridized carbons (Fsp3) is 0.400. The molecular formula is C15H19ClN4O2. The summed E-state index contributed by atoms with van der Waals surface area (Å²) < 4.78 is 5.26. The van der Waals surface area contributed by atoms with Crippen LogP contribution in [0.3, 0.4) is 0 Å². The van der Waals surface area contributed by atoms with Crippen LogP contribution in [0, 0.1) is 0 Å². The molecule has 0 fully saturated rings. The second kappa shape index (κ2) is 7.91. The van der Waals surface area contributed by atoms with Crippen LogP contribution < -0.4 is 5.32 Å².